The van der Waals surface area contributed by atoms with E-state index in [0.29, 0.717) is 24.9 Å². The lowest BCUT2D eigenvalue weighted by atomic mass is 9.89. The van der Waals surface area contributed by atoms with E-state index in [2.05, 4.69) is 24.1 Å². The summed E-state index contributed by atoms with van der Waals surface area (Å²) in [7, 11) is 3.65. The van der Waals surface area contributed by atoms with Crippen LogP contribution in [-0.4, -0.2) is 69.8 Å². The van der Waals surface area contributed by atoms with E-state index in [1.165, 1.54) is 9.87 Å². The van der Waals surface area contributed by atoms with Gasteiger partial charge in [-0.15, -0.1) is 12.4 Å². The van der Waals surface area contributed by atoms with Crippen LogP contribution in [0.3, 0.4) is 0 Å². The van der Waals surface area contributed by atoms with Gasteiger partial charge in [-0.1, -0.05) is 12.1 Å². The Morgan fingerprint density at radius 2 is 1.75 bits per heavy atom. The van der Waals surface area contributed by atoms with Gasteiger partial charge in [0.2, 0.25) is 0 Å². The van der Waals surface area contributed by atoms with Crippen LogP contribution in [0, 0.1) is 11.8 Å². The fourth-order valence-electron chi connectivity index (χ4n) is 3.94. The van der Waals surface area contributed by atoms with Crippen molar-refractivity contribution in [2.24, 2.45) is 11.8 Å². The van der Waals surface area contributed by atoms with Crippen LogP contribution >= 0.6 is 12.4 Å². The second-order valence-electron chi connectivity index (χ2n) is 6.69. The van der Waals surface area contributed by atoms with Crippen molar-refractivity contribution in [3.05, 3.63) is 29.8 Å². The summed E-state index contributed by atoms with van der Waals surface area (Å²) in [6.07, 6.45) is 0. The lowest BCUT2D eigenvalue weighted by molar-refractivity contribution is 0.258. The molecular formula is C16H26ClN3O3S. The Labute approximate surface area is 151 Å². The summed E-state index contributed by atoms with van der Waals surface area (Å²) in [5.74, 6) is 1.57. The number of likely N-dealkylation sites (tertiary alicyclic amines) is 1. The van der Waals surface area contributed by atoms with Gasteiger partial charge in [0.05, 0.1) is 7.11 Å². The average molecular weight is 376 g/mol. The Kier molecular flexibility index (Phi) is 5.82. The number of hydrogen-bond acceptors (Lipinski definition) is 4. The number of fused-ring (bicyclic) bond motifs is 1. The van der Waals surface area contributed by atoms with E-state index in [-0.39, 0.29) is 18.4 Å². The Morgan fingerprint density at radius 1 is 1.12 bits per heavy atom. The van der Waals surface area contributed by atoms with Crippen LogP contribution in [0.15, 0.2) is 24.3 Å². The van der Waals surface area contributed by atoms with Crippen molar-refractivity contribution in [3.63, 3.8) is 0 Å². The van der Waals surface area contributed by atoms with E-state index in [1.807, 2.05) is 12.1 Å². The Morgan fingerprint density at radius 3 is 2.29 bits per heavy atom. The first-order valence-electron chi connectivity index (χ1n) is 7.86. The van der Waals surface area contributed by atoms with Crippen molar-refractivity contribution < 1.29 is 13.2 Å². The highest BCUT2D eigenvalue weighted by atomic mass is 35.5. The van der Waals surface area contributed by atoms with Crippen LogP contribution in [0.2, 0.25) is 0 Å². The maximum Gasteiger partial charge on any atom is 0.281 e. The van der Waals surface area contributed by atoms with Crippen LogP contribution in [0.5, 0.6) is 5.75 Å². The molecule has 2 heterocycles. The Balaban J connectivity index is 0.00000208. The first kappa shape index (κ1) is 19.5. The van der Waals surface area contributed by atoms with E-state index in [9.17, 15) is 8.42 Å². The minimum Gasteiger partial charge on any atom is -0.497 e. The lowest BCUT2D eigenvalue weighted by Gasteiger charge is -2.27. The smallest absolute Gasteiger partial charge is 0.281 e. The molecule has 3 atom stereocenters. The minimum absolute atomic E-state index is 0. The highest BCUT2D eigenvalue weighted by Gasteiger charge is 2.49. The molecule has 0 saturated carbocycles. The summed E-state index contributed by atoms with van der Waals surface area (Å²) < 4.78 is 33.0. The molecule has 0 aliphatic carbocycles. The van der Waals surface area contributed by atoms with Gasteiger partial charge in [-0.2, -0.15) is 17.0 Å². The summed E-state index contributed by atoms with van der Waals surface area (Å²) in [5, 5.41) is 0. The molecule has 1 aromatic rings. The second-order valence-corrected chi connectivity index (χ2v) is 8.83. The molecule has 2 fully saturated rings. The molecule has 0 bridgehead atoms. The van der Waals surface area contributed by atoms with Crippen LogP contribution in [0.25, 0.3) is 0 Å². The number of rotatable bonds is 4. The van der Waals surface area contributed by atoms with E-state index >= 15 is 0 Å². The number of hydrogen-bond donors (Lipinski definition) is 0. The third-order valence-electron chi connectivity index (χ3n) is 5.11. The van der Waals surface area contributed by atoms with Gasteiger partial charge in [-0.3, -0.25) is 4.90 Å². The monoisotopic (exact) mass is 375 g/mol. The van der Waals surface area contributed by atoms with Gasteiger partial charge >= 0.3 is 0 Å². The third kappa shape index (κ3) is 3.28. The molecule has 2 saturated heterocycles. The van der Waals surface area contributed by atoms with Gasteiger partial charge in [0, 0.05) is 39.8 Å². The molecule has 0 amide bonds. The SMILES string of the molecule is COc1ccc([C@@H]2[C@@H]3CN(S(=O)(=O)N(C)C)C[C@@H]3CN2C)cc1.Cl. The van der Waals surface area contributed by atoms with Gasteiger partial charge in [-0.25, -0.2) is 0 Å². The molecule has 0 N–H and O–H groups in total. The van der Waals surface area contributed by atoms with Crippen molar-refractivity contribution in [2.75, 3.05) is 47.9 Å². The van der Waals surface area contributed by atoms with E-state index in [1.54, 1.807) is 25.5 Å². The van der Waals surface area contributed by atoms with Crippen LogP contribution in [-0.2, 0) is 10.2 Å². The maximum absolute atomic E-state index is 12.4. The molecule has 3 rings (SSSR count). The molecule has 0 unspecified atom stereocenters. The molecule has 0 aromatic heterocycles. The first-order chi connectivity index (χ1) is 10.8. The molecule has 2 aliphatic heterocycles. The van der Waals surface area contributed by atoms with E-state index in [0.717, 1.165) is 12.3 Å². The summed E-state index contributed by atoms with van der Waals surface area (Å²) >= 11 is 0. The second kappa shape index (κ2) is 7.17. The predicted molar refractivity (Wildman–Crippen MR) is 96.8 cm³/mol. The van der Waals surface area contributed by atoms with Gasteiger partial charge in [0.1, 0.15) is 5.75 Å². The van der Waals surface area contributed by atoms with Crippen LogP contribution < -0.4 is 4.74 Å². The largest absolute Gasteiger partial charge is 0.497 e. The highest BCUT2D eigenvalue weighted by Crippen LogP contribution is 2.45. The number of ether oxygens (including phenoxy) is 1. The topological polar surface area (TPSA) is 53.1 Å². The Bertz CT molecular complexity index is 666. The molecule has 0 radical (unpaired) electrons. The number of methoxy groups -OCH3 is 1. The molecule has 2 aliphatic rings. The standard InChI is InChI=1S/C16H25N3O3S.ClH/c1-17(2)23(20,21)19-10-13-9-18(3)16(15(13)11-19)12-5-7-14(22-4)8-6-12;/h5-8,13,15-16H,9-11H2,1-4H3;1H/t13-,15+,16+;/m0./s1. The number of nitrogens with zero attached hydrogens (tertiary/aromatic N) is 3. The Hall–Kier alpha value is -0.860. The fourth-order valence-corrected chi connectivity index (χ4v) is 5.14. The van der Waals surface area contributed by atoms with Gasteiger partial charge in [0.25, 0.3) is 10.2 Å². The van der Waals surface area contributed by atoms with E-state index < -0.39 is 10.2 Å². The zero-order chi connectivity index (χ0) is 16.8. The molecule has 136 valence electrons. The number of benzene rings is 1. The fraction of sp³-hybridized carbons (Fsp3) is 0.625. The van der Waals surface area contributed by atoms with Crippen molar-refractivity contribution in [2.45, 2.75) is 6.04 Å². The summed E-state index contributed by atoms with van der Waals surface area (Å²) in [6.45, 7) is 2.13. The van der Waals surface area contributed by atoms with Gasteiger partial charge in [0.15, 0.2) is 0 Å². The summed E-state index contributed by atoms with van der Waals surface area (Å²) in [4.78, 5) is 2.34. The van der Waals surface area contributed by atoms with Crippen LogP contribution in [0.1, 0.15) is 11.6 Å². The van der Waals surface area contributed by atoms with Crippen LogP contribution in [0.4, 0.5) is 0 Å². The van der Waals surface area contributed by atoms with Crippen molar-refractivity contribution in [1.29, 1.82) is 0 Å². The van der Waals surface area contributed by atoms with Gasteiger partial charge in [-0.05, 0) is 36.6 Å². The average Bonchev–Trinajstić information content (AvgIpc) is 3.04. The molecule has 6 nitrogen and oxygen atoms in total. The highest BCUT2D eigenvalue weighted by molar-refractivity contribution is 7.86. The predicted octanol–water partition coefficient (Wildman–Crippen LogP) is 1.46. The lowest BCUT2D eigenvalue weighted by Crippen LogP contribution is -2.40. The molecular weight excluding hydrogens is 350 g/mol. The molecule has 0 spiro atoms. The first-order valence-corrected chi connectivity index (χ1v) is 9.26. The summed E-state index contributed by atoms with van der Waals surface area (Å²) in [6, 6.07) is 8.38. The van der Waals surface area contributed by atoms with Gasteiger partial charge < -0.3 is 4.74 Å². The molecule has 24 heavy (non-hydrogen) atoms. The zero-order valence-corrected chi connectivity index (χ0v) is 16.2. The normalized spacial score (nSPS) is 28.0. The zero-order valence-electron chi connectivity index (χ0n) is 14.5. The maximum atomic E-state index is 12.4. The van der Waals surface area contributed by atoms with Crippen molar-refractivity contribution in [1.82, 2.24) is 13.5 Å². The van der Waals surface area contributed by atoms with E-state index in [4.69, 9.17) is 4.74 Å². The minimum atomic E-state index is -3.32. The summed E-state index contributed by atoms with van der Waals surface area (Å²) in [5.41, 5.74) is 1.23. The van der Waals surface area contributed by atoms with Crippen molar-refractivity contribution >= 4 is 22.6 Å². The number of halogens is 1. The third-order valence-corrected chi connectivity index (χ3v) is 6.98. The molecule has 8 heteroatoms. The molecule has 1 aromatic carbocycles. The quantitative estimate of drug-likeness (QED) is 0.799. The van der Waals surface area contributed by atoms with Crippen molar-refractivity contribution in [3.8, 4) is 5.75 Å².